The van der Waals surface area contributed by atoms with Gasteiger partial charge in [0.1, 0.15) is 5.75 Å². The standard InChI is InChI=1S/C24H26N4O3/c1-15-6-3-4-7-18(15)14-25-24(31)28-22(17-8-5-9-17)13-21(27-28)20-12-19(26-16(2)29)10-11-23(20)30/h3-4,6-7,10-13,17,30H,5,8-9,14H2,1-2H3,(H,25,31)(H,26,29). The summed E-state index contributed by atoms with van der Waals surface area (Å²) in [5, 5.41) is 20.6. The molecule has 1 aliphatic carbocycles. The Bertz CT molecular complexity index is 1130. The molecule has 1 saturated carbocycles. The van der Waals surface area contributed by atoms with E-state index in [1.165, 1.54) is 17.7 Å². The zero-order valence-corrected chi connectivity index (χ0v) is 17.7. The summed E-state index contributed by atoms with van der Waals surface area (Å²) in [6, 6.07) is 14.3. The van der Waals surface area contributed by atoms with E-state index in [1.54, 1.807) is 12.1 Å². The highest BCUT2D eigenvalue weighted by molar-refractivity contribution is 5.90. The number of aromatic hydroxyl groups is 1. The zero-order valence-electron chi connectivity index (χ0n) is 17.7. The summed E-state index contributed by atoms with van der Waals surface area (Å²) >= 11 is 0. The third-order valence-corrected chi connectivity index (χ3v) is 5.74. The van der Waals surface area contributed by atoms with Gasteiger partial charge in [-0.1, -0.05) is 30.7 Å². The summed E-state index contributed by atoms with van der Waals surface area (Å²) in [7, 11) is 0. The number of anilines is 1. The highest BCUT2D eigenvalue weighted by atomic mass is 16.3. The molecule has 1 fully saturated rings. The molecule has 0 atom stereocenters. The van der Waals surface area contributed by atoms with Crippen molar-refractivity contribution in [2.75, 3.05) is 5.32 Å². The van der Waals surface area contributed by atoms with Crippen molar-refractivity contribution in [1.82, 2.24) is 15.1 Å². The molecule has 7 heteroatoms. The molecule has 0 radical (unpaired) electrons. The topological polar surface area (TPSA) is 96.2 Å². The monoisotopic (exact) mass is 418 g/mol. The Morgan fingerprint density at radius 3 is 2.61 bits per heavy atom. The largest absolute Gasteiger partial charge is 0.507 e. The molecule has 1 heterocycles. The molecule has 4 rings (SSSR count). The van der Waals surface area contributed by atoms with Crippen molar-refractivity contribution in [2.45, 2.75) is 45.6 Å². The van der Waals surface area contributed by atoms with Gasteiger partial charge < -0.3 is 15.7 Å². The lowest BCUT2D eigenvalue weighted by Gasteiger charge is -2.25. The lowest BCUT2D eigenvalue weighted by molar-refractivity contribution is -0.114. The van der Waals surface area contributed by atoms with E-state index >= 15 is 0 Å². The minimum absolute atomic E-state index is 0.0410. The Balaban J connectivity index is 1.64. The first-order valence-electron chi connectivity index (χ1n) is 10.5. The Hall–Kier alpha value is -3.61. The van der Waals surface area contributed by atoms with Crippen molar-refractivity contribution in [3.8, 4) is 17.0 Å². The summed E-state index contributed by atoms with van der Waals surface area (Å²) in [5.74, 6) is 0.110. The van der Waals surface area contributed by atoms with Crippen LogP contribution in [-0.2, 0) is 11.3 Å². The van der Waals surface area contributed by atoms with Crippen molar-refractivity contribution in [3.63, 3.8) is 0 Å². The normalized spacial score (nSPS) is 13.5. The third kappa shape index (κ3) is 4.45. The van der Waals surface area contributed by atoms with Gasteiger partial charge in [0.2, 0.25) is 5.91 Å². The summed E-state index contributed by atoms with van der Waals surface area (Å²) in [5.41, 5.74) is 4.53. The number of benzene rings is 2. The van der Waals surface area contributed by atoms with Crippen LogP contribution in [0.5, 0.6) is 5.75 Å². The maximum absolute atomic E-state index is 13.0. The number of aromatic nitrogens is 2. The second-order valence-corrected chi connectivity index (χ2v) is 7.99. The number of nitrogens with one attached hydrogen (secondary N) is 2. The molecule has 0 saturated heterocycles. The molecule has 160 valence electrons. The first-order chi connectivity index (χ1) is 14.9. The Morgan fingerprint density at radius 1 is 1.16 bits per heavy atom. The zero-order chi connectivity index (χ0) is 22.0. The van der Waals surface area contributed by atoms with Crippen LogP contribution in [0.15, 0.2) is 48.5 Å². The van der Waals surface area contributed by atoms with E-state index in [0.29, 0.717) is 23.5 Å². The van der Waals surface area contributed by atoms with E-state index < -0.39 is 0 Å². The Kier molecular flexibility index (Phi) is 5.75. The molecule has 0 bridgehead atoms. The first kappa shape index (κ1) is 20.7. The van der Waals surface area contributed by atoms with Crippen LogP contribution >= 0.6 is 0 Å². The predicted octanol–water partition coefficient (Wildman–Crippen LogP) is 4.55. The number of phenolic OH excluding ortho intramolecular Hbond substituents is 1. The molecule has 3 aromatic rings. The van der Waals surface area contributed by atoms with Crippen molar-refractivity contribution in [2.24, 2.45) is 0 Å². The molecular weight excluding hydrogens is 392 g/mol. The number of carbonyl (C=O) groups excluding carboxylic acids is 2. The lowest BCUT2D eigenvalue weighted by atomic mass is 9.82. The summed E-state index contributed by atoms with van der Waals surface area (Å²) in [4.78, 5) is 24.4. The molecule has 0 spiro atoms. The van der Waals surface area contributed by atoms with E-state index in [-0.39, 0.29) is 23.6 Å². The van der Waals surface area contributed by atoms with E-state index in [2.05, 4.69) is 15.7 Å². The van der Waals surface area contributed by atoms with Crippen LogP contribution in [0.4, 0.5) is 10.5 Å². The lowest BCUT2D eigenvalue weighted by Crippen LogP contribution is -2.31. The fraction of sp³-hybridized carbons (Fsp3) is 0.292. The second-order valence-electron chi connectivity index (χ2n) is 7.99. The van der Waals surface area contributed by atoms with Crippen LogP contribution < -0.4 is 10.6 Å². The van der Waals surface area contributed by atoms with Crippen molar-refractivity contribution < 1.29 is 14.7 Å². The fourth-order valence-electron chi connectivity index (χ4n) is 3.76. The first-order valence-corrected chi connectivity index (χ1v) is 10.5. The SMILES string of the molecule is CC(=O)Nc1ccc(O)c(-c2cc(C3CCC3)n(C(=O)NCc3ccccc3C)n2)c1. The van der Waals surface area contributed by atoms with Crippen LogP contribution in [0.1, 0.15) is 48.9 Å². The number of hydrogen-bond acceptors (Lipinski definition) is 4. The maximum atomic E-state index is 13.0. The second kappa shape index (κ2) is 8.63. The molecule has 31 heavy (non-hydrogen) atoms. The van der Waals surface area contributed by atoms with Crippen LogP contribution in [0, 0.1) is 6.92 Å². The van der Waals surface area contributed by atoms with Crippen LogP contribution in [0.3, 0.4) is 0 Å². The molecule has 3 N–H and O–H groups in total. The van der Waals surface area contributed by atoms with E-state index in [1.807, 2.05) is 37.3 Å². The van der Waals surface area contributed by atoms with Gasteiger partial charge >= 0.3 is 6.03 Å². The molecule has 0 unspecified atom stereocenters. The fourth-order valence-corrected chi connectivity index (χ4v) is 3.76. The summed E-state index contributed by atoms with van der Waals surface area (Å²) < 4.78 is 1.42. The molecule has 2 amide bonds. The Morgan fingerprint density at radius 2 is 1.94 bits per heavy atom. The smallest absolute Gasteiger partial charge is 0.342 e. The van der Waals surface area contributed by atoms with Gasteiger partial charge in [0, 0.05) is 30.6 Å². The van der Waals surface area contributed by atoms with Gasteiger partial charge in [0.25, 0.3) is 0 Å². The molecule has 1 aromatic heterocycles. The van der Waals surface area contributed by atoms with E-state index in [4.69, 9.17) is 0 Å². The number of amides is 2. The molecule has 1 aliphatic rings. The van der Waals surface area contributed by atoms with E-state index in [0.717, 1.165) is 36.1 Å². The predicted molar refractivity (Wildman–Crippen MR) is 119 cm³/mol. The number of phenols is 1. The van der Waals surface area contributed by atoms with Crippen molar-refractivity contribution in [1.29, 1.82) is 0 Å². The van der Waals surface area contributed by atoms with Crippen molar-refractivity contribution in [3.05, 3.63) is 65.4 Å². The van der Waals surface area contributed by atoms with E-state index in [9.17, 15) is 14.7 Å². The quantitative estimate of drug-likeness (QED) is 0.530. The number of carbonyl (C=O) groups is 2. The number of rotatable bonds is 5. The van der Waals surface area contributed by atoms with Gasteiger partial charge in [-0.25, -0.2) is 4.79 Å². The van der Waals surface area contributed by atoms with Gasteiger partial charge in [0.05, 0.1) is 11.4 Å². The van der Waals surface area contributed by atoms with Gasteiger partial charge in [-0.2, -0.15) is 9.78 Å². The molecule has 7 nitrogen and oxygen atoms in total. The van der Waals surface area contributed by atoms with Crippen LogP contribution in [0.25, 0.3) is 11.3 Å². The Labute approximate surface area is 181 Å². The highest BCUT2D eigenvalue weighted by Gasteiger charge is 2.27. The van der Waals surface area contributed by atoms with Crippen LogP contribution in [0.2, 0.25) is 0 Å². The molecular formula is C24H26N4O3. The summed E-state index contributed by atoms with van der Waals surface area (Å²) in [6.45, 7) is 3.85. The molecule has 2 aromatic carbocycles. The maximum Gasteiger partial charge on any atom is 0.342 e. The minimum Gasteiger partial charge on any atom is -0.507 e. The van der Waals surface area contributed by atoms with Gasteiger partial charge in [0.15, 0.2) is 0 Å². The van der Waals surface area contributed by atoms with Gasteiger partial charge in [-0.3, -0.25) is 4.79 Å². The number of hydrogen-bond donors (Lipinski definition) is 3. The van der Waals surface area contributed by atoms with Gasteiger partial charge in [-0.15, -0.1) is 0 Å². The average Bonchev–Trinajstić information content (AvgIpc) is 3.11. The number of aryl methyl sites for hydroxylation is 1. The minimum atomic E-state index is -0.297. The third-order valence-electron chi connectivity index (χ3n) is 5.74. The number of nitrogens with zero attached hydrogens (tertiary/aromatic N) is 2. The summed E-state index contributed by atoms with van der Waals surface area (Å²) in [6.07, 6.45) is 3.14. The van der Waals surface area contributed by atoms with Crippen LogP contribution in [-0.4, -0.2) is 26.8 Å². The average molecular weight is 418 g/mol. The molecule has 0 aliphatic heterocycles. The van der Waals surface area contributed by atoms with Crippen molar-refractivity contribution >= 4 is 17.6 Å². The van der Waals surface area contributed by atoms with Gasteiger partial charge in [-0.05, 0) is 55.2 Å². The highest BCUT2D eigenvalue weighted by Crippen LogP contribution is 2.39.